The van der Waals surface area contributed by atoms with Crippen molar-refractivity contribution in [1.82, 2.24) is 0 Å². The highest BCUT2D eigenvalue weighted by Crippen LogP contribution is 2.12. The molecule has 0 radical (unpaired) electrons. The molecule has 3 rings (SSSR count). The number of nitrogens with zero attached hydrogens (tertiary/aromatic N) is 2. The van der Waals surface area contributed by atoms with Crippen molar-refractivity contribution in [3.05, 3.63) is 106 Å². The molecule has 0 atom stereocenters. The molecule has 0 aliphatic carbocycles. The van der Waals surface area contributed by atoms with Crippen molar-refractivity contribution >= 4 is 27.6 Å². The minimum absolute atomic E-state index is 0.447. The molecule has 3 nitrogen and oxygen atoms in total. The van der Waals surface area contributed by atoms with E-state index in [0.29, 0.717) is 18.2 Å². The van der Waals surface area contributed by atoms with Crippen LogP contribution in [-0.4, -0.2) is 11.7 Å². The summed E-state index contributed by atoms with van der Waals surface area (Å²) in [4.78, 5) is 9.28. The second kappa shape index (κ2) is 8.40. The number of hydrogen-bond donors (Lipinski definition) is 1. The minimum atomic E-state index is 0.447. The van der Waals surface area contributed by atoms with Gasteiger partial charge in [0.2, 0.25) is 0 Å². The lowest BCUT2D eigenvalue weighted by Crippen LogP contribution is -2.16. The van der Waals surface area contributed by atoms with E-state index in [1.165, 1.54) is 0 Å². The predicted molar refractivity (Wildman–Crippen MR) is 108 cm³/mol. The van der Waals surface area contributed by atoms with E-state index in [9.17, 15) is 0 Å². The van der Waals surface area contributed by atoms with Gasteiger partial charge in [-0.25, -0.2) is 4.99 Å². The summed E-state index contributed by atoms with van der Waals surface area (Å²) in [6.45, 7) is 0.558. The first-order valence-corrected chi connectivity index (χ1v) is 8.75. The van der Waals surface area contributed by atoms with Gasteiger partial charge in [-0.1, -0.05) is 88.7 Å². The maximum atomic E-state index is 6.21. The van der Waals surface area contributed by atoms with Crippen LogP contribution in [0, 0.1) is 0 Å². The number of nitrogens with two attached hydrogens (primary N) is 1. The molecule has 0 amide bonds. The average molecular weight is 392 g/mol. The molecule has 0 heterocycles. The number of amidine groups is 2. The monoisotopic (exact) mass is 391 g/mol. The van der Waals surface area contributed by atoms with Crippen LogP contribution in [0.5, 0.6) is 0 Å². The normalized spacial score (nSPS) is 12.2. The molecule has 3 aromatic carbocycles. The third-order valence-electron chi connectivity index (χ3n) is 3.65. The Hall–Kier alpha value is -2.72. The van der Waals surface area contributed by atoms with Crippen LogP contribution in [0.4, 0.5) is 0 Å². The van der Waals surface area contributed by atoms with E-state index in [0.717, 1.165) is 21.2 Å². The Kier molecular flexibility index (Phi) is 5.75. The Morgan fingerprint density at radius 3 is 2.00 bits per heavy atom. The number of benzene rings is 3. The molecular weight excluding hydrogens is 374 g/mol. The van der Waals surface area contributed by atoms with Crippen LogP contribution in [0.15, 0.2) is 99.4 Å². The van der Waals surface area contributed by atoms with Gasteiger partial charge >= 0.3 is 0 Å². The number of halogens is 1. The molecule has 0 spiro atoms. The third-order valence-corrected chi connectivity index (χ3v) is 4.18. The molecule has 0 saturated carbocycles. The molecule has 0 aliphatic heterocycles. The van der Waals surface area contributed by atoms with E-state index in [2.05, 4.69) is 25.9 Å². The van der Waals surface area contributed by atoms with Crippen LogP contribution in [0.25, 0.3) is 0 Å². The van der Waals surface area contributed by atoms with E-state index in [4.69, 9.17) is 5.73 Å². The van der Waals surface area contributed by atoms with Gasteiger partial charge < -0.3 is 5.73 Å². The zero-order chi connectivity index (χ0) is 17.5. The molecule has 3 aromatic rings. The van der Waals surface area contributed by atoms with Crippen LogP contribution in [0.2, 0.25) is 0 Å². The minimum Gasteiger partial charge on any atom is -0.383 e. The largest absolute Gasteiger partial charge is 0.383 e. The van der Waals surface area contributed by atoms with Gasteiger partial charge in [-0.3, -0.25) is 4.99 Å². The third kappa shape index (κ3) is 4.88. The van der Waals surface area contributed by atoms with Gasteiger partial charge in [-0.05, 0) is 17.7 Å². The second-order valence-electron chi connectivity index (χ2n) is 5.50. The quantitative estimate of drug-likeness (QED) is 0.503. The molecule has 0 bridgehead atoms. The van der Waals surface area contributed by atoms with Gasteiger partial charge in [-0.15, -0.1) is 0 Å². The summed E-state index contributed by atoms with van der Waals surface area (Å²) in [5.74, 6) is 1.08. The van der Waals surface area contributed by atoms with Gasteiger partial charge in [0.05, 0.1) is 6.54 Å². The first-order valence-electron chi connectivity index (χ1n) is 7.96. The molecule has 0 aliphatic rings. The molecule has 0 saturated heterocycles. The standard InChI is InChI=1S/C21H18BrN3/c22-19-13-11-17(12-14-19)20(23)25-21(18-9-5-2-6-10-18)24-15-16-7-3-1-4-8-16/h1-14H,15H2,(H2,23,24,25). The highest BCUT2D eigenvalue weighted by Gasteiger charge is 2.05. The highest BCUT2D eigenvalue weighted by molar-refractivity contribution is 9.10. The van der Waals surface area contributed by atoms with E-state index in [1.807, 2.05) is 84.9 Å². The summed E-state index contributed by atoms with van der Waals surface area (Å²) in [6.07, 6.45) is 0. The molecular formula is C21H18BrN3. The van der Waals surface area contributed by atoms with Crippen LogP contribution >= 0.6 is 15.9 Å². The number of aliphatic imine (C=N–C) groups is 2. The Balaban J connectivity index is 1.93. The summed E-state index contributed by atoms with van der Waals surface area (Å²) in [7, 11) is 0. The molecule has 0 aromatic heterocycles. The SMILES string of the molecule is NC(=NC(=NCc1ccccc1)c1ccccc1)c1ccc(Br)cc1. The molecule has 0 unspecified atom stereocenters. The molecule has 4 heteroatoms. The van der Waals surface area contributed by atoms with Gasteiger partial charge in [0.25, 0.3) is 0 Å². The van der Waals surface area contributed by atoms with Gasteiger partial charge in [0.15, 0.2) is 5.84 Å². The summed E-state index contributed by atoms with van der Waals surface area (Å²) in [6, 6.07) is 27.8. The fourth-order valence-corrected chi connectivity index (χ4v) is 2.59. The first-order chi connectivity index (χ1) is 12.2. The lowest BCUT2D eigenvalue weighted by atomic mass is 10.2. The molecule has 124 valence electrons. The number of rotatable bonds is 4. The smallest absolute Gasteiger partial charge is 0.157 e. The Morgan fingerprint density at radius 2 is 1.36 bits per heavy atom. The highest BCUT2D eigenvalue weighted by atomic mass is 79.9. The summed E-state index contributed by atoms with van der Waals surface area (Å²) >= 11 is 3.43. The van der Waals surface area contributed by atoms with E-state index >= 15 is 0 Å². The van der Waals surface area contributed by atoms with Crippen LogP contribution in [0.3, 0.4) is 0 Å². The maximum absolute atomic E-state index is 6.21. The Labute approximate surface area is 156 Å². The van der Waals surface area contributed by atoms with E-state index < -0.39 is 0 Å². The molecule has 0 fully saturated rings. The van der Waals surface area contributed by atoms with Crippen molar-refractivity contribution < 1.29 is 0 Å². The summed E-state index contributed by atoms with van der Waals surface area (Å²) in [5, 5.41) is 0. The zero-order valence-corrected chi connectivity index (χ0v) is 15.2. The van der Waals surface area contributed by atoms with Crippen LogP contribution in [0.1, 0.15) is 16.7 Å². The fourth-order valence-electron chi connectivity index (χ4n) is 2.33. The lowest BCUT2D eigenvalue weighted by Gasteiger charge is -2.06. The summed E-state index contributed by atoms with van der Waals surface area (Å²) < 4.78 is 1.00. The van der Waals surface area contributed by atoms with Crippen molar-refractivity contribution in [3.63, 3.8) is 0 Å². The topological polar surface area (TPSA) is 50.7 Å². The number of hydrogen-bond acceptors (Lipinski definition) is 1. The fraction of sp³-hybridized carbons (Fsp3) is 0.0476. The van der Waals surface area contributed by atoms with Crippen LogP contribution in [-0.2, 0) is 6.54 Å². The van der Waals surface area contributed by atoms with Gasteiger partial charge in [0.1, 0.15) is 5.84 Å². The van der Waals surface area contributed by atoms with Gasteiger partial charge in [-0.2, -0.15) is 0 Å². The molecule has 25 heavy (non-hydrogen) atoms. The van der Waals surface area contributed by atoms with E-state index in [-0.39, 0.29) is 0 Å². The zero-order valence-electron chi connectivity index (χ0n) is 13.6. The van der Waals surface area contributed by atoms with Crippen molar-refractivity contribution in [2.45, 2.75) is 6.54 Å². The van der Waals surface area contributed by atoms with Crippen molar-refractivity contribution in [3.8, 4) is 0 Å². The lowest BCUT2D eigenvalue weighted by molar-refractivity contribution is 1.06. The molecule has 2 N–H and O–H groups in total. The van der Waals surface area contributed by atoms with Crippen molar-refractivity contribution in [2.75, 3.05) is 0 Å². The van der Waals surface area contributed by atoms with Crippen LogP contribution < -0.4 is 5.73 Å². The first kappa shape index (κ1) is 17.1. The van der Waals surface area contributed by atoms with Crippen molar-refractivity contribution in [2.24, 2.45) is 15.7 Å². The average Bonchev–Trinajstić information content (AvgIpc) is 2.67. The predicted octanol–water partition coefficient (Wildman–Crippen LogP) is 4.80. The Morgan fingerprint density at radius 1 is 0.760 bits per heavy atom. The Bertz CT molecular complexity index is 870. The van der Waals surface area contributed by atoms with Gasteiger partial charge in [0, 0.05) is 15.6 Å². The van der Waals surface area contributed by atoms with E-state index in [1.54, 1.807) is 0 Å². The summed E-state index contributed by atoms with van der Waals surface area (Å²) in [5.41, 5.74) is 9.15. The maximum Gasteiger partial charge on any atom is 0.157 e. The van der Waals surface area contributed by atoms with Crippen molar-refractivity contribution in [1.29, 1.82) is 0 Å². The second-order valence-corrected chi connectivity index (χ2v) is 6.41.